The molecule has 0 N–H and O–H groups in total. The van der Waals surface area contributed by atoms with Crippen LogP contribution in [0.15, 0.2) is 60.1 Å². The Morgan fingerprint density at radius 3 is 2.00 bits per heavy atom. The molecular weight excluding hydrogens is 450 g/mol. The highest BCUT2D eigenvalue weighted by Gasteiger charge is 2.35. The largest absolute Gasteiger partial charge is 0.310 e. The van der Waals surface area contributed by atoms with Crippen molar-refractivity contribution in [2.75, 3.05) is 0 Å². The van der Waals surface area contributed by atoms with E-state index in [0.717, 1.165) is 11.1 Å². The third kappa shape index (κ3) is 3.82. The Kier molecular flexibility index (Phi) is 6.04. The van der Waals surface area contributed by atoms with E-state index in [2.05, 4.69) is 77.7 Å². The van der Waals surface area contributed by atoms with E-state index in [1.807, 2.05) is 24.5 Å². The molecule has 2 aromatic rings. The summed E-state index contributed by atoms with van der Waals surface area (Å²) in [7, 11) is 0. The van der Waals surface area contributed by atoms with Crippen LogP contribution in [0.5, 0.6) is 0 Å². The molecule has 1 aliphatic heterocycles. The second-order valence-electron chi connectivity index (χ2n) is 7.72. The number of rotatable bonds is 4. The van der Waals surface area contributed by atoms with Gasteiger partial charge in [-0.2, -0.15) is 0 Å². The van der Waals surface area contributed by atoms with Gasteiger partial charge < -0.3 is 3.11 Å². The fourth-order valence-electron chi connectivity index (χ4n) is 4.00. The van der Waals surface area contributed by atoms with Gasteiger partial charge in [0, 0.05) is 23.7 Å². The number of hydrogen-bond acceptors (Lipinski definition) is 2. The summed E-state index contributed by atoms with van der Waals surface area (Å²) >= 11 is 2.47. The van der Waals surface area contributed by atoms with Crippen LogP contribution in [-0.4, -0.2) is 14.1 Å². The molecule has 1 aromatic carbocycles. The van der Waals surface area contributed by atoms with E-state index < -0.39 is 0 Å². The third-order valence-electron chi connectivity index (χ3n) is 5.10. The molecule has 1 unspecified atom stereocenters. The van der Waals surface area contributed by atoms with Crippen LogP contribution in [-0.2, 0) is 0 Å². The molecule has 1 atom stereocenters. The Morgan fingerprint density at radius 1 is 0.926 bits per heavy atom. The maximum atomic E-state index is 13.6. The molecule has 0 saturated heterocycles. The summed E-state index contributed by atoms with van der Waals surface area (Å²) in [6, 6.07) is 11.3. The Labute approximate surface area is 175 Å². The van der Waals surface area contributed by atoms with Crippen LogP contribution in [0.3, 0.4) is 0 Å². The first kappa shape index (κ1) is 20.1. The monoisotopic (exact) mass is 476 g/mol. The summed E-state index contributed by atoms with van der Waals surface area (Å²) in [5.41, 5.74) is 7.29. The van der Waals surface area contributed by atoms with E-state index in [4.69, 9.17) is 0 Å². The predicted molar refractivity (Wildman–Crippen MR) is 119 cm³/mol. The second kappa shape index (κ2) is 8.13. The van der Waals surface area contributed by atoms with Crippen molar-refractivity contribution in [3.05, 3.63) is 77.0 Å². The van der Waals surface area contributed by atoms with Gasteiger partial charge in [0.2, 0.25) is 0 Å². The zero-order valence-corrected chi connectivity index (χ0v) is 18.7. The van der Waals surface area contributed by atoms with Gasteiger partial charge in [-0.3, -0.25) is 4.98 Å². The lowest BCUT2D eigenvalue weighted by atomic mass is 9.78. The highest BCUT2D eigenvalue weighted by Crippen LogP contribution is 2.48. The van der Waals surface area contributed by atoms with Gasteiger partial charge in [-0.1, -0.05) is 39.8 Å². The van der Waals surface area contributed by atoms with Gasteiger partial charge in [-0.15, -0.1) is 0 Å². The molecule has 1 aromatic heterocycles. The molecule has 0 fully saturated rings. The summed E-state index contributed by atoms with van der Waals surface area (Å²) in [5.74, 6) is 0.613. The van der Waals surface area contributed by atoms with E-state index in [0.29, 0.717) is 17.9 Å². The van der Waals surface area contributed by atoms with Gasteiger partial charge >= 0.3 is 0 Å². The van der Waals surface area contributed by atoms with Crippen molar-refractivity contribution in [3.63, 3.8) is 0 Å². The molecule has 0 aliphatic carbocycles. The molecule has 142 valence electrons. The van der Waals surface area contributed by atoms with Crippen molar-refractivity contribution in [1.82, 2.24) is 8.10 Å². The van der Waals surface area contributed by atoms with E-state index in [1.54, 1.807) is 12.1 Å². The third-order valence-corrected chi connectivity index (χ3v) is 6.22. The lowest BCUT2D eigenvalue weighted by Crippen LogP contribution is -2.37. The minimum Gasteiger partial charge on any atom is -0.310 e. The molecule has 0 saturated carbocycles. The molecule has 3 rings (SSSR count). The van der Waals surface area contributed by atoms with Gasteiger partial charge in [-0.05, 0) is 65.3 Å². The molecular formula is C23H26FIN2. The van der Waals surface area contributed by atoms with Crippen LogP contribution in [0.2, 0.25) is 0 Å². The lowest BCUT2D eigenvalue weighted by molar-refractivity contribution is 0.364. The summed E-state index contributed by atoms with van der Waals surface area (Å²) in [6.45, 7) is 11.2. The molecule has 0 amide bonds. The average molecular weight is 476 g/mol. The average Bonchev–Trinajstić information content (AvgIpc) is 2.62. The van der Waals surface area contributed by atoms with Crippen LogP contribution in [0, 0.1) is 17.7 Å². The molecule has 1 aliphatic rings. The molecule has 27 heavy (non-hydrogen) atoms. The van der Waals surface area contributed by atoms with Gasteiger partial charge in [0.25, 0.3) is 0 Å². The number of pyridine rings is 1. The van der Waals surface area contributed by atoms with Crippen LogP contribution in [0.1, 0.15) is 45.7 Å². The minimum absolute atomic E-state index is 0.206. The van der Waals surface area contributed by atoms with Crippen LogP contribution >= 0.6 is 22.9 Å². The number of aromatic nitrogens is 1. The highest BCUT2D eigenvalue weighted by molar-refractivity contribution is 14.1. The van der Waals surface area contributed by atoms with Crippen molar-refractivity contribution in [2.45, 2.75) is 40.7 Å². The zero-order valence-electron chi connectivity index (χ0n) is 16.5. The van der Waals surface area contributed by atoms with Crippen molar-refractivity contribution in [1.29, 1.82) is 0 Å². The predicted octanol–water partition coefficient (Wildman–Crippen LogP) is 6.75. The zero-order chi connectivity index (χ0) is 19.7. The van der Waals surface area contributed by atoms with Gasteiger partial charge in [0.15, 0.2) is 0 Å². The highest BCUT2D eigenvalue weighted by atomic mass is 127. The van der Waals surface area contributed by atoms with E-state index in [9.17, 15) is 4.39 Å². The smallest absolute Gasteiger partial charge is 0.123 e. The van der Waals surface area contributed by atoms with E-state index in [-0.39, 0.29) is 5.82 Å². The number of nitrogens with zero attached hydrogens (tertiary/aromatic N) is 2. The second-order valence-corrected chi connectivity index (χ2v) is 8.76. The molecule has 0 spiro atoms. The molecule has 0 radical (unpaired) electrons. The molecule has 2 nitrogen and oxygen atoms in total. The molecule has 0 bridgehead atoms. The number of hydrogen-bond donors (Lipinski definition) is 0. The Morgan fingerprint density at radius 2 is 1.48 bits per heavy atom. The maximum Gasteiger partial charge on any atom is 0.123 e. The topological polar surface area (TPSA) is 16.1 Å². The summed E-state index contributed by atoms with van der Waals surface area (Å²) in [6.07, 6.45) is 3.67. The van der Waals surface area contributed by atoms with Crippen LogP contribution in [0.4, 0.5) is 4.39 Å². The van der Waals surface area contributed by atoms with Crippen LogP contribution in [0.25, 0.3) is 11.1 Å². The maximum absolute atomic E-state index is 13.6. The molecule has 4 heteroatoms. The fourth-order valence-corrected chi connectivity index (χ4v) is 5.86. The number of benzene rings is 1. The first-order valence-corrected chi connectivity index (χ1v) is 10.4. The van der Waals surface area contributed by atoms with Gasteiger partial charge in [-0.25, -0.2) is 4.39 Å². The standard InChI is InChI=1S/C23H26FIN2/c1-14(2)22-16(5)20(17-6-8-19(24)9-7-17)21(18-10-12-26-13-11-18)23(15(3)4)27(22)25/h6-15,22H,1-5H3. The first-order chi connectivity index (χ1) is 12.8. The SMILES string of the molecule is CC1=C(c2ccc(F)cc2)C(c2ccncc2)=C(C(C)C)N(I)C1C(C)C. The summed E-state index contributed by atoms with van der Waals surface area (Å²) in [4.78, 5) is 4.20. The molecule has 2 heterocycles. The van der Waals surface area contributed by atoms with Crippen LogP contribution < -0.4 is 0 Å². The summed E-state index contributed by atoms with van der Waals surface area (Å²) in [5, 5.41) is 0. The number of allylic oxidation sites excluding steroid dienone is 3. The van der Waals surface area contributed by atoms with Gasteiger partial charge in [0.1, 0.15) is 5.82 Å². The van der Waals surface area contributed by atoms with Crippen molar-refractivity contribution in [2.24, 2.45) is 11.8 Å². The Balaban J connectivity index is 2.35. The number of halogens is 2. The minimum atomic E-state index is -0.206. The van der Waals surface area contributed by atoms with Crippen molar-refractivity contribution >= 4 is 34.0 Å². The van der Waals surface area contributed by atoms with Gasteiger partial charge in [0.05, 0.1) is 28.9 Å². The Bertz CT molecular complexity index is 867. The quantitative estimate of drug-likeness (QED) is 0.359. The first-order valence-electron chi connectivity index (χ1n) is 9.39. The van der Waals surface area contributed by atoms with Crippen molar-refractivity contribution < 1.29 is 4.39 Å². The van der Waals surface area contributed by atoms with E-state index in [1.165, 1.54) is 22.4 Å². The normalized spacial score (nSPS) is 18.1. The lowest BCUT2D eigenvalue weighted by Gasteiger charge is -2.42. The van der Waals surface area contributed by atoms with Crippen molar-refractivity contribution in [3.8, 4) is 0 Å². The van der Waals surface area contributed by atoms with E-state index >= 15 is 0 Å². The summed E-state index contributed by atoms with van der Waals surface area (Å²) < 4.78 is 16.0. The Hall–Kier alpha value is -1.69. The fraction of sp³-hybridized carbons (Fsp3) is 0.348.